The molecule has 3 rings (SSSR count). The lowest BCUT2D eigenvalue weighted by Gasteiger charge is -2.15. The topological polar surface area (TPSA) is 55.8 Å². The van der Waals surface area contributed by atoms with E-state index in [0.717, 1.165) is 5.56 Å². The first-order valence-electron chi connectivity index (χ1n) is 6.29. The lowest BCUT2D eigenvalue weighted by atomic mass is 9.97. The van der Waals surface area contributed by atoms with Gasteiger partial charge in [-0.1, -0.05) is 18.2 Å². The normalized spacial score (nSPS) is 16.7. The molecule has 1 atom stereocenters. The molecule has 1 heterocycles. The second-order valence-electron chi connectivity index (χ2n) is 4.77. The Hall–Kier alpha value is -2.49. The van der Waals surface area contributed by atoms with E-state index in [1.807, 2.05) is 13.0 Å². The number of hydrogen-bond donors (Lipinski definition) is 1. The molecule has 0 fully saturated rings. The molecular weight excluding hydrogens is 256 g/mol. The SMILES string of the molecule is COc1cccc2c1C(c1ccc(C)cc1O)OC2=O. The summed E-state index contributed by atoms with van der Waals surface area (Å²) in [6.07, 6.45) is -0.630. The van der Waals surface area contributed by atoms with Crippen LogP contribution in [0.5, 0.6) is 11.5 Å². The lowest BCUT2D eigenvalue weighted by molar-refractivity contribution is 0.0451. The van der Waals surface area contributed by atoms with Gasteiger partial charge < -0.3 is 14.6 Å². The zero-order valence-electron chi connectivity index (χ0n) is 11.2. The minimum atomic E-state index is -0.630. The van der Waals surface area contributed by atoms with Gasteiger partial charge in [0.15, 0.2) is 6.10 Å². The summed E-state index contributed by atoms with van der Waals surface area (Å²) in [6, 6.07) is 10.5. The first kappa shape index (κ1) is 12.5. The van der Waals surface area contributed by atoms with Crippen LogP contribution in [0, 0.1) is 6.92 Å². The van der Waals surface area contributed by atoms with Crippen LogP contribution in [0.3, 0.4) is 0 Å². The van der Waals surface area contributed by atoms with Crippen LogP contribution in [0.2, 0.25) is 0 Å². The van der Waals surface area contributed by atoms with Gasteiger partial charge in [-0.05, 0) is 30.7 Å². The van der Waals surface area contributed by atoms with Crippen molar-refractivity contribution in [2.45, 2.75) is 13.0 Å². The molecule has 0 saturated heterocycles. The van der Waals surface area contributed by atoms with Crippen molar-refractivity contribution < 1.29 is 19.4 Å². The number of methoxy groups -OCH3 is 1. The number of carbonyl (C=O) groups excluding carboxylic acids is 1. The monoisotopic (exact) mass is 270 g/mol. The molecule has 2 aromatic rings. The Morgan fingerprint density at radius 3 is 2.75 bits per heavy atom. The molecule has 102 valence electrons. The average molecular weight is 270 g/mol. The summed E-state index contributed by atoms with van der Waals surface area (Å²) in [5.41, 5.74) is 2.65. The van der Waals surface area contributed by atoms with E-state index in [9.17, 15) is 9.90 Å². The molecule has 0 amide bonds. The molecule has 20 heavy (non-hydrogen) atoms. The number of phenolic OH excluding ortho intramolecular Hbond substituents is 1. The number of carbonyl (C=O) groups is 1. The molecule has 0 radical (unpaired) electrons. The predicted molar refractivity (Wildman–Crippen MR) is 73.1 cm³/mol. The molecule has 1 aliphatic heterocycles. The van der Waals surface area contributed by atoms with Crippen molar-refractivity contribution in [2.24, 2.45) is 0 Å². The summed E-state index contributed by atoms with van der Waals surface area (Å²) in [4.78, 5) is 11.9. The molecule has 2 aromatic carbocycles. The Kier molecular flexibility index (Phi) is 2.86. The van der Waals surface area contributed by atoms with Crippen LogP contribution >= 0.6 is 0 Å². The maximum Gasteiger partial charge on any atom is 0.339 e. The number of aromatic hydroxyl groups is 1. The molecule has 1 unspecified atom stereocenters. The highest BCUT2D eigenvalue weighted by Gasteiger charge is 2.36. The summed E-state index contributed by atoms with van der Waals surface area (Å²) < 4.78 is 10.7. The Labute approximate surface area is 116 Å². The molecule has 4 heteroatoms. The Morgan fingerprint density at radius 2 is 2.05 bits per heavy atom. The Morgan fingerprint density at radius 1 is 1.25 bits per heavy atom. The number of aryl methyl sites for hydroxylation is 1. The molecule has 4 nitrogen and oxygen atoms in total. The zero-order valence-corrected chi connectivity index (χ0v) is 11.2. The third kappa shape index (κ3) is 1.81. The fourth-order valence-electron chi connectivity index (χ4n) is 2.49. The van der Waals surface area contributed by atoms with E-state index < -0.39 is 12.1 Å². The van der Waals surface area contributed by atoms with Gasteiger partial charge in [0.05, 0.1) is 18.2 Å². The molecule has 0 spiro atoms. The fraction of sp³-hybridized carbons (Fsp3) is 0.188. The molecular formula is C16H14O4. The smallest absolute Gasteiger partial charge is 0.339 e. The van der Waals surface area contributed by atoms with Crippen LogP contribution in [0.1, 0.15) is 33.2 Å². The van der Waals surface area contributed by atoms with Gasteiger partial charge in [-0.2, -0.15) is 0 Å². The summed E-state index contributed by atoms with van der Waals surface area (Å²) >= 11 is 0. The van der Waals surface area contributed by atoms with Crippen molar-refractivity contribution in [1.82, 2.24) is 0 Å². The molecule has 0 aromatic heterocycles. The Bertz CT molecular complexity index is 691. The summed E-state index contributed by atoms with van der Waals surface area (Å²) in [6.45, 7) is 1.89. The van der Waals surface area contributed by atoms with E-state index in [1.54, 1.807) is 37.4 Å². The maximum atomic E-state index is 11.9. The largest absolute Gasteiger partial charge is 0.508 e. The van der Waals surface area contributed by atoms with Crippen LogP contribution in [-0.4, -0.2) is 18.2 Å². The maximum absolute atomic E-state index is 11.9. The van der Waals surface area contributed by atoms with E-state index >= 15 is 0 Å². The molecule has 1 aliphatic rings. The van der Waals surface area contributed by atoms with Crippen LogP contribution in [-0.2, 0) is 4.74 Å². The van der Waals surface area contributed by atoms with Crippen LogP contribution in [0.25, 0.3) is 0 Å². The van der Waals surface area contributed by atoms with Crippen molar-refractivity contribution in [1.29, 1.82) is 0 Å². The first-order chi connectivity index (χ1) is 9.61. The van der Waals surface area contributed by atoms with Gasteiger partial charge in [0, 0.05) is 5.56 Å². The van der Waals surface area contributed by atoms with E-state index in [-0.39, 0.29) is 5.75 Å². The van der Waals surface area contributed by atoms with Crippen molar-refractivity contribution in [3.8, 4) is 11.5 Å². The number of ether oxygens (including phenoxy) is 2. The van der Waals surface area contributed by atoms with Crippen LogP contribution in [0.4, 0.5) is 0 Å². The summed E-state index contributed by atoms with van der Waals surface area (Å²) in [5, 5.41) is 10.1. The van der Waals surface area contributed by atoms with Gasteiger partial charge in [0.2, 0.25) is 0 Å². The third-order valence-corrected chi connectivity index (χ3v) is 3.46. The van der Waals surface area contributed by atoms with E-state index in [0.29, 0.717) is 22.4 Å². The second-order valence-corrected chi connectivity index (χ2v) is 4.77. The zero-order chi connectivity index (χ0) is 14.3. The standard InChI is InChI=1S/C16H14O4/c1-9-6-7-10(12(17)8-9)15-14-11(16(18)20-15)4-3-5-13(14)19-2/h3-8,15,17H,1-2H3. The minimum Gasteiger partial charge on any atom is -0.508 e. The number of hydrogen-bond acceptors (Lipinski definition) is 4. The van der Waals surface area contributed by atoms with Crippen LogP contribution in [0.15, 0.2) is 36.4 Å². The molecule has 0 bridgehead atoms. The predicted octanol–water partition coefficient (Wildman–Crippen LogP) is 2.97. The van der Waals surface area contributed by atoms with Gasteiger partial charge in [0.25, 0.3) is 0 Å². The van der Waals surface area contributed by atoms with Gasteiger partial charge >= 0.3 is 5.97 Å². The van der Waals surface area contributed by atoms with E-state index in [1.165, 1.54) is 0 Å². The summed E-state index contributed by atoms with van der Waals surface area (Å²) in [5.74, 6) is 0.295. The number of benzene rings is 2. The highest BCUT2D eigenvalue weighted by molar-refractivity contribution is 5.95. The fourth-order valence-corrected chi connectivity index (χ4v) is 2.49. The van der Waals surface area contributed by atoms with Gasteiger partial charge in [0.1, 0.15) is 11.5 Å². The molecule has 0 saturated carbocycles. The van der Waals surface area contributed by atoms with Gasteiger partial charge in [-0.15, -0.1) is 0 Å². The highest BCUT2D eigenvalue weighted by atomic mass is 16.6. The van der Waals surface area contributed by atoms with Crippen LogP contribution < -0.4 is 4.74 Å². The van der Waals surface area contributed by atoms with Crippen molar-refractivity contribution in [3.05, 3.63) is 58.7 Å². The highest BCUT2D eigenvalue weighted by Crippen LogP contribution is 2.43. The average Bonchev–Trinajstić information content (AvgIpc) is 2.76. The number of esters is 1. The number of rotatable bonds is 2. The molecule has 0 aliphatic carbocycles. The quantitative estimate of drug-likeness (QED) is 0.852. The van der Waals surface area contributed by atoms with Gasteiger partial charge in [-0.25, -0.2) is 4.79 Å². The van der Waals surface area contributed by atoms with E-state index in [2.05, 4.69) is 0 Å². The Balaban J connectivity index is 2.17. The lowest BCUT2D eigenvalue weighted by Crippen LogP contribution is -2.02. The number of cyclic esters (lactones) is 1. The van der Waals surface area contributed by atoms with Gasteiger partial charge in [-0.3, -0.25) is 0 Å². The third-order valence-electron chi connectivity index (χ3n) is 3.46. The second kappa shape index (κ2) is 4.56. The van der Waals surface area contributed by atoms with E-state index in [4.69, 9.17) is 9.47 Å². The number of fused-ring (bicyclic) bond motifs is 1. The van der Waals surface area contributed by atoms with Crippen molar-refractivity contribution >= 4 is 5.97 Å². The van der Waals surface area contributed by atoms with Crippen molar-refractivity contribution in [2.75, 3.05) is 7.11 Å². The summed E-state index contributed by atoms with van der Waals surface area (Å²) in [7, 11) is 1.55. The minimum absolute atomic E-state index is 0.113. The van der Waals surface area contributed by atoms with Crippen molar-refractivity contribution in [3.63, 3.8) is 0 Å². The molecule has 1 N–H and O–H groups in total. The first-order valence-corrected chi connectivity index (χ1v) is 6.29. The number of phenols is 1.